The normalized spacial score (nSPS) is 34.4. The monoisotopic (exact) mass is 256 g/mol. The molecular formula is C13H24N2O3. The highest BCUT2D eigenvalue weighted by Crippen LogP contribution is 2.24. The minimum absolute atomic E-state index is 0.125. The van der Waals surface area contributed by atoms with Gasteiger partial charge in [0.05, 0.1) is 18.6 Å². The molecule has 1 atom stereocenters. The van der Waals surface area contributed by atoms with Crippen molar-refractivity contribution >= 4 is 5.97 Å². The van der Waals surface area contributed by atoms with Gasteiger partial charge in [0.1, 0.15) is 0 Å². The van der Waals surface area contributed by atoms with Crippen LogP contribution >= 0.6 is 0 Å². The van der Waals surface area contributed by atoms with Gasteiger partial charge in [-0.2, -0.15) is 0 Å². The number of carbonyl (C=O) groups is 1. The number of aliphatic carboxylic acids is 1. The molecule has 5 nitrogen and oxygen atoms in total. The number of carboxylic acid groups (broad SMARTS) is 1. The number of likely N-dealkylation sites (N-methyl/N-ethyl adjacent to an activating group) is 1. The zero-order valence-corrected chi connectivity index (χ0v) is 11.1. The number of carboxylic acids is 1. The molecule has 1 heterocycles. The van der Waals surface area contributed by atoms with Gasteiger partial charge >= 0.3 is 5.97 Å². The summed E-state index contributed by atoms with van der Waals surface area (Å²) >= 11 is 0. The first-order valence-corrected chi connectivity index (χ1v) is 6.91. The summed E-state index contributed by atoms with van der Waals surface area (Å²) in [5.41, 5.74) is 0. The first-order valence-electron chi connectivity index (χ1n) is 6.91. The molecule has 0 aromatic carbocycles. The highest BCUT2D eigenvalue weighted by Gasteiger charge is 2.26. The van der Waals surface area contributed by atoms with E-state index in [4.69, 9.17) is 9.84 Å². The molecule has 0 aromatic rings. The van der Waals surface area contributed by atoms with E-state index >= 15 is 0 Å². The summed E-state index contributed by atoms with van der Waals surface area (Å²) in [6, 6.07) is 0.469. The van der Waals surface area contributed by atoms with Crippen molar-refractivity contribution in [1.29, 1.82) is 0 Å². The molecule has 104 valence electrons. The molecule has 0 spiro atoms. The van der Waals surface area contributed by atoms with Crippen LogP contribution in [0.15, 0.2) is 0 Å². The van der Waals surface area contributed by atoms with Gasteiger partial charge in [0.2, 0.25) is 0 Å². The predicted octanol–water partition coefficient (Wildman–Crippen LogP) is 0.550. The third kappa shape index (κ3) is 3.93. The maximum Gasteiger partial charge on any atom is 0.306 e. The van der Waals surface area contributed by atoms with Crippen LogP contribution in [-0.4, -0.2) is 61.4 Å². The number of hydrogen-bond acceptors (Lipinski definition) is 4. The second kappa shape index (κ2) is 6.50. The van der Waals surface area contributed by atoms with Crippen LogP contribution in [-0.2, 0) is 9.53 Å². The van der Waals surface area contributed by atoms with E-state index in [2.05, 4.69) is 17.3 Å². The molecule has 0 bridgehead atoms. The van der Waals surface area contributed by atoms with Crippen molar-refractivity contribution < 1.29 is 14.6 Å². The number of ether oxygens (including phenoxy) is 1. The summed E-state index contributed by atoms with van der Waals surface area (Å²) in [4.78, 5) is 13.1. The molecule has 2 fully saturated rings. The van der Waals surface area contributed by atoms with Crippen LogP contribution in [0, 0.1) is 5.92 Å². The smallest absolute Gasteiger partial charge is 0.306 e. The molecule has 1 unspecified atom stereocenters. The Morgan fingerprint density at radius 2 is 2.11 bits per heavy atom. The molecule has 5 heteroatoms. The average Bonchev–Trinajstić information content (AvgIpc) is 2.37. The lowest BCUT2D eigenvalue weighted by atomic mass is 9.86. The Hall–Kier alpha value is -0.650. The minimum atomic E-state index is -0.634. The van der Waals surface area contributed by atoms with Gasteiger partial charge in [0.25, 0.3) is 0 Å². The molecule has 18 heavy (non-hydrogen) atoms. The van der Waals surface area contributed by atoms with Gasteiger partial charge < -0.3 is 20.1 Å². The Bertz CT molecular complexity index is 277. The van der Waals surface area contributed by atoms with E-state index in [1.807, 2.05) is 0 Å². The summed E-state index contributed by atoms with van der Waals surface area (Å²) in [5.74, 6) is -0.759. The Kier molecular flexibility index (Phi) is 4.97. The SMILES string of the molecule is CN1CCOC(CNC2CCC(C(=O)O)CC2)C1. The van der Waals surface area contributed by atoms with Crippen molar-refractivity contribution in [3.63, 3.8) is 0 Å². The zero-order chi connectivity index (χ0) is 13.0. The Morgan fingerprint density at radius 1 is 1.39 bits per heavy atom. The summed E-state index contributed by atoms with van der Waals surface area (Å²) < 4.78 is 5.70. The number of nitrogens with zero attached hydrogens (tertiary/aromatic N) is 1. The van der Waals surface area contributed by atoms with Crippen molar-refractivity contribution in [2.45, 2.75) is 37.8 Å². The van der Waals surface area contributed by atoms with Gasteiger partial charge in [-0.25, -0.2) is 0 Å². The van der Waals surface area contributed by atoms with E-state index in [1.54, 1.807) is 0 Å². The van der Waals surface area contributed by atoms with E-state index in [0.717, 1.165) is 51.9 Å². The Labute approximate surface area is 108 Å². The molecule has 0 radical (unpaired) electrons. The largest absolute Gasteiger partial charge is 0.481 e. The van der Waals surface area contributed by atoms with Crippen molar-refractivity contribution in [2.24, 2.45) is 5.92 Å². The molecule has 1 aliphatic carbocycles. The van der Waals surface area contributed by atoms with Crippen LogP contribution < -0.4 is 5.32 Å². The minimum Gasteiger partial charge on any atom is -0.481 e. The summed E-state index contributed by atoms with van der Waals surface area (Å²) in [6.45, 7) is 3.69. The fourth-order valence-electron chi connectivity index (χ4n) is 2.83. The fraction of sp³-hybridized carbons (Fsp3) is 0.923. The van der Waals surface area contributed by atoms with Gasteiger partial charge in [-0.05, 0) is 32.7 Å². The van der Waals surface area contributed by atoms with Crippen LogP contribution in [0.3, 0.4) is 0 Å². The summed E-state index contributed by atoms with van der Waals surface area (Å²) in [5, 5.41) is 12.5. The third-order valence-corrected chi connectivity index (χ3v) is 4.05. The molecule has 1 saturated heterocycles. The van der Waals surface area contributed by atoms with E-state index < -0.39 is 5.97 Å². The summed E-state index contributed by atoms with van der Waals surface area (Å²) in [6.07, 6.45) is 3.83. The van der Waals surface area contributed by atoms with Gasteiger partial charge in [-0.3, -0.25) is 4.79 Å². The second-order valence-corrected chi connectivity index (χ2v) is 5.55. The molecule has 0 aromatic heterocycles. The number of rotatable bonds is 4. The standard InChI is InChI=1S/C13H24N2O3/c1-15-6-7-18-12(9-15)8-14-11-4-2-10(3-5-11)13(16)17/h10-12,14H,2-9H2,1H3,(H,16,17). The first-order chi connectivity index (χ1) is 8.65. The molecule has 2 aliphatic rings. The van der Waals surface area contributed by atoms with Crippen LogP contribution in [0.25, 0.3) is 0 Å². The number of hydrogen-bond donors (Lipinski definition) is 2. The number of morpholine rings is 1. The fourth-order valence-corrected chi connectivity index (χ4v) is 2.83. The van der Waals surface area contributed by atoms with E-state index in [0.29, 0.717) is 6.04 Å². The third-order valence-electron chi connectivity index (χ3n) is 4.05. The van der Waals surface area contributed by atoms with Crippen LogP contribution in [0.4, 0.5) is 0 Å². The quantitative estimate of drug-likeness (QED) is 0.769. The topological polar surface area (TPSA) is 61.8 Å². The first kappa shape index (κ1) is 13.8. The van der Waals surface area contributed by atoms with Gasteiger partial charge in [0.15, 0.2) is 0 Å². The molecule has 1 aliphatic heterocycles. The van der Waals surface area contributed by atoms with Crippen molar-refractivity contribution in [1.82, 2.24) is 10.2 Å². The predicted molar refractivity (Wildman–Crippen MR) is 68.6 cm³/mol. The maximum atomic E-state index is 10.9. The molecule has 0 amide bonds. The van der Waals surface area contributed by atoms with Gasteiger partial charge in [-0.15, -0.1) is 0 Å². The zero-order valence-electron chi connectivity index (χ0n) is 11.1. The lowest BCUT2D eigenvalue weighted by molar-refractivity contribution is -0.142. The van der Waals surface area contributed by atoms with E-state index in [9.17, 15) is 4.79 Å². The van der Waals surface area contributed by atoms with E-state index in [1.165, 1.54) is 0 Å². The molecule has 1 saturated carbocycles. The lowest BCUT2D eigenvalue weighted by Crippen LogP contribution is -2.47. The van der Waals surface area contributed by atoms with Crippen LogP contribution in [0.5, 0.6) is 0 Å². The van der Waals surface area contributed by atoms with Crippen molar-refractivity contribution in [3.8, 4) is 0 Å². The van der Waals surface area contributed by atoms with Crippen LogP contribution in [0.1, 0.15) is 25.7 Å². The molecular weight excluding hydrogens is 232 g/mol. The number of nitrogens with one attached hydrogen (secondary N) is 1. The average molecular weight is 256 g/mol. The van der Waals surface area contributed by atoms with Gasteiger partial charge in [-0.1, -0.05) is 0 Å². The highest BCUT2D eigenvalue weighted by atomic mass is 16.5. The van der Waals surface area contributed by atoms with Crippen LogP contribution in [0.2, 0.25) is 0 Å². The lowest BCUT2D eigenvalue weighted by Gasteiger charge is -2.33. The van der Waals surface area contributed by atoms with E-state index in [-0.39, 0.29) is 12.0 Å². The molecule has 2 N–H and O–H groups in total. The Balaban J connectivity index is 1.64. The van der Waals surface area contributed by atoms with Crippen molar-refractivity contribution in [2.75, 3.05) is 33.3 Å². The van der Waals surface area contributed by atoms with Crippen molar-refractivity contribution in [3.05, 3.63) is 0 Å². The van der Waals surface area contributed by atoms with Gasteiger partial charge in [0, 0.05) is 25.7 Å². The highest BCUT2D eigenvalue weighted by molar-refractivity contribution is 5.70. The molecule has 2 rings (SSSR count). The second-order valence-electron chi connectivity index (χ2n) is 5.55. The summed E-state index contributed by atoms with van der Waals surface area (Å²) in [7, 11) is 2.12. The maximum absolute atomic E-state index is 10.9. The Morgan fingerprint density at radius 3 is 2.72 bits per heavy atom.